The summed E-state index contributed by atoms with van der Waals surface area (Å²) in [6, 6.07) is 4.43. The van der Waals surface area contributed by atoms with Crippen molar-refractivity contribution in [3.63, 3.8) is 0 Å². The zero-order valence-corrected chi connectivity index (χ0v) is 17.3. The maximum absolute atomic E-state index is 14.6. The molecule has 0 aromatic heterocycles. The minimum absolute atomic E-state index is 0.165. The Labute approximate surface area is 172 Å². The van der Waals surface area contributed by atoms with E-state index in [4.69, 9.17) is 0 Å². The van der Waals surface area contributed by atoms with Crippen molar-refractivity contribution >= 4 is 27.1 Å². The van der Waals surface area contributed by atoms with Crippen molar-refractivity contribution in [2.24, 2.45) is 5.92 Å². The zero-order valence-electron chi connectivity index (χ0n) is 16.5. The van der Waals surface area contributed by atoms with Crippen molar-refractivity contribution < 1.29 is 31.8 Å². The standard InChI is InChI=1S/C20H23F3N2O4S/c1-11-3-4-15(13(21)7-11)24-19-17(23)14(22)8-16(27)18(19)25-30(28,29)20(5-6-20)9-12(2)10-26/h3-4,7-8,12,24-27H,5-6,9-10H2,1-2H3. The van der Waals surface area contributed by atoms with Crippen LogP contribution < -0.4 is 10.0 Å². The Hall–Kier alpha value is -2.46. The van der Waals surface area contributed by atoms with Crippen molar-refractivity contribution in [2.75, 3.05) is 16.6 Å². The third kappa shape index (κ3) is 4.20. The molecule has 2 aromatic carbocycles. The van der Waals surface area contributed by atoms with E-state index in [1.165, 1.54) is 18.2 Å². The van der Waals surface area contributed by atoms with Crippen LogP contribution in [0.25, 0.3) is 0 Å². The highest BCUT2D eigenvalue weighted by atomic mass is 32.2. The number of aryl methyl sites for hydroxylation is 1. The lowest BCUT2D eigenvalue weighted by molar-refractivity contribution is 0.227. The van der Waals surface area contributed by atoms with Gasteiger partial charge in [0.15, 0.2) is 11.6 Å². The normalized spacial score (nSPS) is 16.2. The van der Waals surface area contributed by atoms with Crippen LogP contribution in [0.2, 0.25) is 0 Å². The van der Waals surface area contributed by atoms with Gasteiger partial charge < -0.3 is 15.5 Å². The number of sulfonamides is 1. The van der Waals surface area contributed by atoms with Gasteiger partial charge in [-0.05, 0) is 49.8 Å². The molecule has 6 nitrogen and oxygen atoms in total. The summed E-state index contributed by atoms with van der Waals surface area (Å²) in [5.74, 6) is -4.80. The van der Waals surface area contributed by atoms with Crippen LogP contribution in [0.1, 0.15) is 31.7 Å². The Balaban J connectivity index is 2.02. The Kier molecular flexibility index (Phi) is 5.92. The van der Waals surface area contributed by atoms with Gasteiger partial charge in [-0.3, -0.25) is 4.72 Å². The van der Waals surface area contributed by atoms with E-state index in [9.17, 15) is 31.8 Å². The number of rotatable bonds is 8. The number of aliphatic hydroxyl groups excluding tert-OH is 1. The summed E-state index contributed by atoms with van der Waals surface area (Å²) >= 11 is 0. The molecule has 2 aromatic rings. The number of aliphatic hydroxyl groups is 1. The van der Waals surface area contributed by atoms with Crippen LogP contribution in [-0.4, -0.2) is 30.0 Å². The zero-order chi connectivity index (χ0) is 22.3. The van der Waals surface area contributed by atoms with Crippen LogP contribution in [0.3, 0.4) is 0 Å². The van der Waals surface area contributed by atoms with Crippen molar-refractivity contribution in [3.8, 4) is 5.75 Å². The molecule has 10 heteroatoms. The summed E-state index contributed by atoms with van der Waals surface area (Å²) < 4.78 is 69.6. The van der Waals surface area contributed by atoms with Crippen LogP contribution in [-0.2, 0) is 10.0 Å². The van der Waals surface area contributed by atoms with Gasteiger partial charge in [0, 0.05) is 12.7 Å². The maximum Gasteiger partial charge on any atom is 0.238 e. The number of nitrogens with one attached hydrogen (secondary N) is 2. The molecule has 1 unspecified atom stereocenters. The number of benzene rings is 2. The minimum atomic E-state index is -4.13. The summed E-state index contributed by atoms with van der Waals surface area (Å²) in [6.07, 6.45) is 0.817. The van der Waals surface area contributed by atoms with E-state index in [-0.39, 0.29) is 24.6 Å². The number of phenolic OH excluding ortho intramolecular Hbond substituents is 1. The van der Waals surface area contributed by atoms with Gasteiger partial charge in [-0.25, -0.2) is 21.6 Å². The second-order valence-electron chi connectivity index (χ2n) is 7.83. The van der Waals surface area contributed by atoms with Gasteiger partial charge in [0.1, 0.15) is 22.9 Å². The molecule has 0 bridgehead atoms. The van der Waals surface area contributed by atoms with Crippen LogP contribution in [0.15, 0.2) is 24.3 Å². The van der Waals surface area contributed by atoms with Gasteiger partial charge in [-0.1, -0.05) is 13.0 Å². The quantitative estimate of drug-likeness (QED) is 0.459. The van der Waals surface area contributed by atoms with E-state index in [1.807, 2.05) is 0 Å². The van der Waals surface area contributed by atoms with E-state index in [0.29, 0.717) is 24.5 Å². The van der Waals surface area contributed by atoms with Gasteiger partial charge in [0.2, 0.25) is 10.0 Å². The number of anilines is 3. The van der Waals surface area contributed by atoms with Crippen LogP contribution in [0, 0.1) is 30.3 Å². The van der Waals surface area contributed by atoms with E-state index >= 15 is 0 Å². The van der Waals surface area contributed by atoms with Gasteiger partial charge in [-0.15, -0.1) is 0 Å². The first-order chi connectivity index (χ1) is 14.0. The smallest absolute Gasteiger partial charge is 0.238 e. The average Bonchev–Trinajstić information content (AvgIpc) is 3.45. The molecule has 164 valence electrons. The maximum atomic E-state index is 14.6. The van der Waals surface area contributed by atoms with Gasteiger partial charge in [0.25, 0.3) is 0 Å². The molecule has 1 atom stereocenters. The molecule has 0 saturated heterocycles. The molecule has 0 amide bonds. The average molecular weight is 444 g/mol. The number of halogens is 3. The van der Waals surface area contributed by atoms with Gasteiger partial charge in [0.05, 0.1) is 10.4 Å². The van der Waals surface area contributed by atoms with Crippen LogP contribution >= 0.6 is 0 Å². The molecular weight excluding hydrogens is 421 g/mol. The molecule has 1 aliphatic carbocycles. The predicted molar refractivity (Wildman–Crippen MR) is 108 cm³/mol. The number of phenols is 1. The molecule has 1 aliphatic rings. The second-order valence-corrected chi connectivity index (χ2v) is 9.91. The second kappa shape index (κ2) is 7.99. The lowest BCUT2D eigenvalue weighted by atomic mass is 10.1. The van der Waals surface area contributed by atoms with Crippen molar-refractivity contribution in [1.82, 2.24) is 0 Å². The number of hydrogen-bond acceptors (Lipinski definition) is 5. The third-order valence-electron chi connectivity index (χ3n) is 5.23. The lowest BCUT2D eigenvalue weighted by Gasteiger charge is -2.23. The first kappa shape index (κ1) is 22.2. The lowest BCUT2D eigenvalue weighted by Crippen LogP contribution is -2.32. The highest BCUT2D eigenvalue weighted by Crippen LogP contribution is 2.50. The van der Waals surface area contributed by atoms with E-state index in [2.05, 4.69) is 10.0 Å². The molecule has 0 heterocycles. The highest BCUT2D eigenvalue weighted by Gasteiger charge is 2.55. The van der Waals surface area contributed by atoms with Crippen LogP contribution in [0.4, 0.5) is 30.2 Å². The molecule has 3 rings (SSSR count). The van der Waals surface area contributed by atoms with E-state index in [1.54, 1.807) is 13.8 Å². The molecule has 1 fully saturated rings. The molecule has 1 saturated carbocycles. The molecule has 0 aliphatic heterocycles. The Morgan fingerprint density at radius 1 is 1.13 bits per heavy atom. The monoisotopic (exact) mass is 444 g/mol. The van der Waals surface area contributed by atoms with Crippen molar-refractivity contribution in [1.29, 1.82) is 0 Å². The Morgan fingerprint density at radius 2 is 1.80 bits per heavy atom. The summed E-state index contributed by atoms with van der Waals surface area (Å²) in [5.41, 5.74) is -0.975. The van der Waals surface area contributed by atoms with Crippen molar-refractivity contribution in [3.05, 3.63) is 47.3 Å². The summed E-state index contributed by atoms with van der Waals surface area (Å²) in [4.78, 5) is 0. The van der Waals surface area contributed by atoms with Crippen LogP contribution in [0.5, 0.6) is 5.75 Å². The Bertz CT molecular complexity index is 1070. The summed E-state index contributed by atoms with van der Waals surface area (Å²) in [7, 11) is -4.13. The van der Waals surface area contributed by atoms with Gasteiger partial charge in [-0.2, -0.15) is 0 Å². The third-order valence-corrected chi connectivity index (χ3v) is 7.42. The molecular formula is C20H23F3N2O4S. The van der Waals surface area contributed by atoms with E-state index in [0.717, 1.165) is 0 Å². The fourth-order valence-corrected chi connectivity index (χ4v) is 5.19. The highest BCUT2D eigenvalue weighted by molar-refractivity contribution is 7.94. The number of hydrogen-bond donors (Lipinski definition) is 4. The first-order valence-electron chi connectivity index (χ1n) is 9.37. The topological polar surface area (TPSA) is 98.7 Å². The molecule has 4 N–H and O–H groups in total. The van der Waals surface area contributed by atoms with Gasteiger partial charge >= 0.3 is 0 Å². The largest absolute Gasteiger partial charge is 0.506 e. The molecule has 0 radical (unpaired) electrons. The fourth-order valence-electron chi connectivity index (χ4n) is 3.35. The Morgan fingerprint density at radius 3 is 2.37 bits per heavy atom. The fraction of sp³-hybridized carbons (Fsp3) is 0.400. The van der Waals surface area contributed by atoms with Crippen molar-refractivity contribution in [2.45, 2.75) is 37.9 Å². The summed E-state index contributed by atoms with van der Waals surface area (Å²) in [6.45, 7) is 3.13. The summed E-state index contributed by atoms with van der Waals surface area (Å²) in [5, 5.41) is 21.8. The minimum Gasteiger partial charge on any atom is -0.506 e. The number of aromatic hydroxyl groups is 1. The predicted octanol–water partition coefficient (Wildman–Crippen LogP) is 4.15. The molecule has 30 heavy (non-hydrogen) atoms. The SMILES string of the molecule is Cc1ccc(Nc2c(F)c(F)cc(O)c2NS(=O)(=O)C2(CC(C)CO)CC2)c(F)c1. The first-order valence-corrected chi connectivity index (χ1v) is 10.9. The molecule has 0 spiro atoms. The van der Waals surface area contributed by atoms with E-state index < -0.39 is 49.3 Å².